The molecule has 0 aliphatic heterocycles. The van der Waals surface area contributed by atoms with Crippen LogP contribution in [0.25, 0.3) is 0 Å². The minimum Gasteiger partial charge on any atom is -0.480 e. The van der Waals surface area contributed by atoms with Crippen molar-refractivity contribution in [2.45, 2.75) is 20.3 Å². The predicted molar refractivity (Wildman–Crippen MR) is 83.4 cm³/mol. The Balaban J connectivity index is 2.96. The topological polar surface area (TPSA) is 104 Å². The molecule has 122 valence electrons. The molecule has 0 heterocycles. The number of carboxylic acid groups (broad SMARTS) is 1. The van der Waals surface area contributed by atoms with Gasteiger partial charge in [-0.05, 0) is 31.5 Å². The van der Waals surface area contributed by atoms with Crippen molar-refractivity contribution in [3.05, 3.63) is 29.8 Å². The SMILES string of the molecule is CCCS(=O)(=O)Nc1cccc(C(=O)N(CC)CC(=O)O)c1. The molecule has 2 N–H and O–H groups in total. The minimum absolute atomic E-state index is 0.00866. The molecular formula is C14H20N2O5S. The highest BCUT2D eigenvalue weighted by Crippen LogP contribution is 2.14. The van der Waals surface area contributed by atoms with Crippen LogP contribution in [0.2, 0.25) is 0 Å². The third kappa shape index (κ3) is 5.36. The van der Waals surface area contributed by atoms with E-state index in [-0.39, 0.29) is 23.5 Å². The van der Waals surface area contributed by atoms with Crippen molar-refractivity contribution < 1.29 is 23.1 Å². The lowest BCUT2D eigenvalue weighted by molar-refractivity contribution is -0.137. The number of carbonyl (C=O) groups is 2. The van der Waals surface area contributed by atoms with Crippen LogP contribution in [0.15, 0.2) is 24.3 Å². The molecule has 7 nitrogen and oxygen atoms in total. The maximum absolute atomic E-state index is 12.2. The Labute approximate surface area is 130 Å². The second-order valence-corrected chi connectivity index (χ2v) is 6.56. The van der Waals surface area contributed by atoms with Crippen molar-refractivity contribution in [2.75, 3.05) is 23.6 Å². The molecule has 0 saturated carbocycles. The number of nitrogens with zero attached hydrogens (tertiary/aromatic N) is 1. The van der Waals surface area contributed by atoms with Crippen molar-refractivity contribution in [2.24, 2.45) is 0 Å². The standard InChI is InChI=1S/C14H20N2O5S/c1-3-8-22(20,21)15-12-7-5-6-11(9-12)14(19)16(4-2)10-13(17)18/h5-7,9,15H,3-4,8,10H2,1-2H3,(H,17,18). The van der Waals surface area contributed by atoms with Crippen LogP contribution in [0.5, 0.6) is 0 Å². The molecule has 22 heavy (non-hydrogen) atoms. The van der Waals surface area contributed by atoms with Crippen molar-refractivity contribution in [1.29, 1.82) is 0 Å². The van der Waals surface area contributed by atoms with Crippen molar-refractivity contribution >= 4 is 27.6 Å². The number of nitrogens with one attached hydrogen (secondary N) is 1. The smallest absolute Gasteiger partial charge is 0.323 e. The van der Waals surface area contributed by atoms with Gasteiger partial charge in [0.25, 0.3) is 5.91 Å². The molecule has 0 saturated heterocycles. The molecule has 1 aromatic rings. The summed E-state index contributed by atoms with van der Waals surface area (Å²) in [6.45, 7) is 3.27. The van der Waals surface area contributed by atoms with Gasteiger partial charge in [0.15, 0.2) is 0 Å². The number of benzene rings is 1. The summed E-state index contributed by atoms with van der Waals surface area (Å²) < 4.78 is 25.9. The van der Waals surface area contributed by atoms with Crippen molar-refractivity contribution in [1.82, 2.24) is 4.90 Å². The van der Waals surface area contributed by atoms with E-state index >= 15 is 0 Å². The van der Waals surface area contributed by atoms with Gasteiger partial charge in [-0.3, -0.25) is 14.3 Å². The van der Waals surface area contributed by atoms with Gasteiger partial charge in [-0.1, -0.05) is 13.0 Å². The van der Waals surface area contributed by atoms with E-state index in [0.717, 1.165) is 0 Å². The summed E-state index contributed by atoms with van der Waals surface area (Å²) in [5, 5.41) is 8.79. The van der Waals surface area contributed by atoms with Gasteiger partial charge >= 0.3 is 5.97 Å². The minimum atomic E-state index is -3.44. The number of aliphatic carboxylic acids is 1. The van der Waals surface area contributed by atoms with E-state index in [9.17, 15) is 18.0 Å². The van der Waals surface area contributed by atoms with Crippen LogP contribution in [-0.4, -0.2) is 49.1 Å². The Bertz CT molecular complexity index is 642. The summed E-state index contributed by atoms with van der Waals surface area (Å²) >= 11 is 0. The Morgan fingerprint density at radius 1 is 1.27 bits per heavy atom. The number of hydrogen-bond acceptors (Lipinski definition) is 4. The summed E-state index contributed by atoms with van der Waals surface area (Å²) in [5.41, 5.74) is 0.519. The molecule has 1 aromatic carbocycles. The molecule has 0 unspecified atom stereocenters. The third-order valence-electron chi connectivity index (χ3n) is 2.85. The van der Waals surface area contributed by atoms with Crippen molar-refractivity contribution in [3.8, 4) is 0 Å². The van der Waals surface area contributed by atoms with Gasteiger partial charge in [0.2, 0.25) is 10.0 Å². The van der Waals surface area contributed by atoms with E-state index < -0.39 is 28.4 Å². The number of rotatable bonds is 8. The first-order valence-corrected chi connectivity index (χ1v) is 8.56. The monoisotopic (exact) mass is 328 g/mol. The van der Waals surface area contributed by atoms with Crippen LogP contribution >= 0.6 is 0 Å². The lowest BCUT2D eigenvalue weighted by Crippen LogP contribution is -2.35. The fourth-order valence-corrected chi connectivity index (χ4v) is 3.01. The first-order valence-electron chi connectivity index (χ1n) is 6.90. The largest absolute Gasteiger partial charge is 0.480 e. The van der Waals surface area contributed by atoms with Gasteiger partial charge in [-0.15, -0.1) is 0 Å². The first kappa shape index (κ1) is 18.0. The Kier molecular flexibility index (Phi) is 6.36. The normalized spacial score (nSPS) is 11.0. The third-order valence-corrected chi connectivity index (χ3v) is 4.34. The lowest BCUT2D eigenvalue weighted by Gasteiger charge is -2.19. The highest BCUT2D eigenvalue weighted by atomic mass is 32.2. The van der Waals surface area contributed by atoms with Crippen LogP contribution in [0.1, 0.15) is 30.6 Å². The summed E-state index contributed by atoms with van der Waals surface area (Å²) in [6.07, 6.45) is 0.482. The van der Waals surface area contributed by atoms with Crippen LogP contribution in [0.4, 0.5) is 5.69 Å². The molecule has 0 fully saturated rings. The average Bonchev–Trinajstić information content (AvgIpc) is 2.43. The van der Waals surface area contributed by atoms with Gasteiger partial charge < -0.3 is 10.0 Å². The first-order chi connectivity index (χ1) is 10.3. The van der Waals surface area contributed by atoms with Gasteiger partial charge in [0.05, 0.1) is 5.75 Å². The van der Waals surface area contributed by atoms with Crippen LogP contribution < -0.4 is 4.72 Å². The molecule has 0 aromatic heterocycles. The number of anilines is 1. The highest BCUT2D eigenvalue weighted by Gasteiger charge is 2.18. The van der Waals surface area contributed by atoms with E-state index in [0.29, 0.717) is 6.42 Å². The summed E-state index contributed by atoms with van der Waals surface area (Å²) in [5.74, 6) is -1.57. The van der Waals surface area contributed by atoms with Gasteiger partial charge in [0.1, 0.15) is 6.54 Å². The Hall–Kier alpha value is -2.09. The zero-order valence-corrected chi connectivity index (χ0v) is 13.4. The number of carboxylic acids is 1. The summed E-state index contributed by atoms with van der Waals surface area (Å²) in [6, 6.07) is 6.01. The molecule has 0 aliphatic carbocycles. The second-order valence-electron chi connectivity index (χ2n) is 4.71. The fourth-order valence-electron chi connectivity index (χ4n) is 1.89. The molecule has 0 bridgehead atoms. The Morgan fingerprint density at radius 3 is 2.50 bits per heavy atom. The van der Waals surface area contributed by atoms with Crippen LogP contribution in [0, 0.1) is 0 Å². The molecule has 8 heteroatoms. The molecule has 1 amide bonds. The van der Waals surface area contributed by atoms with E-state index in [4.69, 9.17) is 5.11 Å². The molecule has 0 atom stereocenters. The van der Waals surface area contributed by atoms with Crippen molar-refractivity contribution in [3.63, 3.8) is 0 Å². The van der Waals surface area contributed by atoms with Crippen LogP contribution in [0.3, 0.4) is 0 Å². The van der Waals surface area contributed by atoms with E-state index in [1.54, 1.807) is 19.9 Å². The van der Waals surface area contributed by atoms with Crippen LogP contribution in [-0.2, 0) is 14.8 Å². The Morgan fingerprint density at radius 2 is 1.95 bits per heavy atom. The molecule has 1 rings (SSSR count). The second kappa shape index (κ2) is 7.79. The quantitative estimate of drug-likeness (QED) is 0.750. The average molecular weight is 328 g/mol. The number of hydrogen-bond donors (Lipinski definition) is 2. The molecule has 0 radical (unpaired) electrons. The van der Waals surface area contributed by atoms with E-state index in [1.807, 2.05) is 0 Å². The van der Waals surface area contributed by atoms with Gasteiger partial charge in [-0.25, -0.2) is 8.42 Å². The predicted octanol–water partition coefficient (Wildman–Crippen LogP) is 1.39. The zero-order chi connectivity index (χ0) is 16.8. The highest BCUT2D eigenvalue weighted by molar-refractivity contribution is 7.92. The number of likely N-dealkylation sites (N-methyl/N-ethyl adjacent to an activating group) is 1. The molecule has 0 spiro atoms. The number of carbonyl (C=O) groups excluding carboxylic acids is 1. The molecular weight excluding hydrogens is 308 g/mol. The number of sulfonamides is 1. The fraction of sp³-hybridized carbons (Fsp3) is 0.429. The summed E-state index contributed by atoms with van der Waals surface area (Å²) in [7, 11) is -3.44. The van der Waals surface area contributed by atoms with E-state index in [2.05, 4.69) is 4.72 Å². The molecule has 0 aliphatic rings. The maximum atomic E-state index is 12.2. The lowest BCUT2D eigenvalue weighted by atomic mass is 10.2. The number of amides is 1. The van der Waals surface area contributed by atoms with E-state index in [1.165, 1.54) is 23.1 Å². The zero-order valence-electron chi connectivity index (χ0n) is 12.6. The summed E-state index contributed by atoms with van der Waals surface area (Å²) in [4.78, 5) is 24.2. The maximum Gasteiger partial charge on any atom is 0.323 e. The van der Waals surface area contributed by atoms with Gasteiger partial charge in [-0.2, -0.15) is 0 Å². The van der Waals surface area contributed by atoms with Gasteiger partial charge in [0, 0.05) is 17.8 Å².